The van der Waals surface area contributed by atoms with E-state index in [2.05, 4.69) is 29.4 Å². The molecule has 1 unspecified atom stereocenters. The largest absolute Gasteiger partial charge is 0.381 e. The first-order chi connectivity index (χ1) is 14.2. The van der Waals surface area contributed by atoms with E-state index in [-0.39, 0.29) is 17.5 Å². The summed E-state index contributed by atoms with van der Waals surface area (Å²) in [6.07, 6.45) is 5.13. The van der Waals surface area contributed by atoms with E-state index in [0.29, 0.717) is 11.9 Å². The van der Waals surface area contributed by atoms with Gasteiger partial charge in [0.1, 0.15) is 11.6 Å². The van der Waals surface area contributed by atoms with E-state index in [1.165, 1.54) is 11.1 Å². The molecule has 0 bridgehead atoms. The van der Waals surface area contributed by atoms with Crippen LogP contribution >= 0.6 is 0 Å². The van der Waals surface area contributed by atoms with Gasteiger partial charge in [-0.05, 0) is 43.9 Å². The minimum atomic E-state index is 0.0168. The van der Waals surface area contributed by atoms with Gasteiger partial charge in [-0.15, -0.1) is 0 Å². The van der Waals surface area contributed by atoms with Crippen LogP contribution in [0, 0.1) is 6.92 Å². The lowest BCUT2D eigenvalue weighted by atomic mass is 10.00. The van der Waals surface area contributed by atoms with Crippen LogP contribution in [0.1, 0.15) is 54.0 Å². The molecule has 0 radical (unpaired) electrons. The van der Waals surface area contributed by atoms with Crippen LogP contribution in [0.4, 0.5) is 0 Å². The van der Waals surface area contributed by atoms with Crippen LogP contribution in [0.25, 0.3) is 5.52 Å². The third kappa shape index (κ3) is 3.38. The smallest absolute Gasteiger partial charge is 0.279 e. The standard InChI is InChI=1S/C22H27N5O2/c1-15-4-2-3-5-17(15)12-20-25-27-19(22(28)26(20)18-6-9-23-13-18)14-24-21(27)16-7-10-29-11-8-16/h2-5,14,16,18,23H,6-13H2,1H3. The molecule has 3 aromatic rings. The van der Waals surface area contributed by atoms with Crippen LogP contribution in [0.5, 0.6) is 0 Å². The maximum Gasteiger partial charge on any atom is 0.279 e. The van der Waals surface area contributed by atoms with Crippen LogP contribution in [-0.2, 0) is 11.2 Å². The number of nitrogens with one attached hydrogen (secondary N) is 1. The minimum absolute atomic E-state index is 0.0168. The van der Waals surface area contributed by atoms with Crippen molar-refractivity contribution < 1.29 is 4.74 Å². The van der Waals surface area contributed by atoms with Crippen molar-refractivity contribution in [2.75, 3.05) is 26.3 Å². The van der Waals surface area contributed by atoms with Crippen molar-refractivity contribution in [3.05, 3.63) is 63.6 Å². The average molecular weight is 393 g/mol. The number of rotatable bonds is 4. The van der Waals surface area contributed by atoms with Gasteiger partial charge in [0.2, 0.25) is 0 Å². The molecule has 29 heavy (non-hydrogen) atoms. The van der Waals surface area contributed by atoms with E-state index in [0.717, 1.165) is 57.2 Å². The molecule has 2 fully saturated rings. The monoisotopic (exact) mass is 393 g/mol. The van der Waals surface area contributed by atoms with Gasteiger partial charge >= 0.3 is 0 Å². The lowest BCUT2D eigenvalue weighted by Gasteiger charge is -2.22. The van der Waals surface area contributed by atoms with Gasteiger partial charge < -0.3 is 10.1 Å². The molecule has 7 nitrogen and oxygen atoms in total. The molecule has 7 heteroatoms. The molecular weight excluding hydrogens is 366 g/mol. The van der Waals surface area contributed by atoms with Crippen molar-refractivity contribution in [3.63, 3.8) is 0 Å². The van der Waals surface area contributed by atoms with Gasteiger partial charge in [-0.2, -0.15) is 5.10 Å². The molecule has 2 aliphatic heterocycles. The predicted molar refractivity (Wildman–Crippen MR) is 111 cm³/mol. The summed E-state index contributed by atoms with van der Waals surface area (Å²) >= 11 is 0. The van der Waals surface area contributed by atoms with Crippen molar-refractivity contribution in [2.45, 2.75) is 44.6 Å². The Morgan fingerprint density at radius 1 is 1.21 bits per heavy atom. The summed E-state index contributed by atoms with van der Waals surface area (Å²) in [6.45, 7) is 5.32. The second kappa shape index (κ2) is 7.72. The lowest BCUT2D eigenvalue weighted by Crippen LogP contribution is -2.33. The highest BCUT2D eigenvalue weighted by molar-refractivity contribution is 5.44. The minimum Gasteiger partial charge on any atom is -0.381 e. The van der Waals surface area contributed by atoms with E-state index in [9.17, 15) is 4.79 Å². The molecule has 4 heterocycles. The average Bonchev–Trinajstić information content (AvgIpc) is 3.41. The summed E-state index contributed by atoms with van der Waals surface area (Å²) in [4.78, 5) is 18.1. The Kier molecular flexibility index (Phi) is 4.93. The summed E-state index contributed by atoms with van der Waals surface area (Å²) in [6, 6.07) is 8.46. The molecule has 5 rings (SSSR count). The zero-order valence-corrected chi connectivity index (χ0v) is 16.8. The molecular formula is C22H27N5O2. The number of fused-ring (bicyclic) bond motifs is 1. The molecule has 0 aliphatic carbocycles. The molecule has 0 amide bonds. The van der Waals surface area contributed by atoms with Crippen molar-refractivity contribution >= 4 is 5.52 Å². The number of hydrogen-bond donors (Lipinski definition) is 1. The normalized spacial score (nSPS) is 20.5. The van der Waals surface area contributed by atoms with Gasteiger partial charge in [0.25, 0.3) is 5.56 Å². The summed E-state index contributed by atoms with van der Waals surface area (Å²) in [5.41, 5.74) is 3.01. The Hall–Kier alpha value is -2.51. The quantitative estimate of drug-likeness (QED) is 0.736. The fourth-order valence-corrected chi connectivity index (χ4v) is 4.59. The van der Waals surface area contributed by atoms with E-state index >= 15 is 0 Å². The Morgan fingerprint density at radius 3 is 2.79 bits per heavy atom. The number of benzene rings is 1. The number of aromatic nitrogens is 4. The van der Waals surface area contributed by atoms with Gasteiger partial charge in [-0.3, -0.25) is 9.36 Å². The fraction of sp³-hybridized carbons (Fsp3) is 0.500. The third-order valence-electron chi connectivity index (χ3n) is 6.29. The van der Waals surface area contributed by atoms with Gasteiger partial charge in [0.15, 0.2) is 5.52 Å². The van der Waals surface area contributed by atoms with E-state index < -0.39 is 0 Å². The Morgan fingerprint density at radius 2 is 2.03 bits per heavy atom. The van der Waals surface area contributed by atoms with E-state index in [4.69, 9.17) is 9.84 Å². The molecule has 2 aliphatic rings. The predicted octanol–water partition coefficient (Wildman–Crippen LogP) is 2.22. The van der Waals surface area contributed by atoms with Crippen molar-refractivity contribution in [2.24, 2.45) is 0 Å². The van der Waals surface area contributed by atoms with Crippen molar-refractivity contribution in [1.82, 2.24) is 24.5 Å². The van der Waals surface area contributed by atoms with Gasteiger partial charge in [0, 0.05) is 32.1 Å². The van der Waals surface area contributed by atoms with E-state index in [1.807, 2.05) is 21.2 Å². The molecule has 2 aromatic heterocycles. The fourth-order valence-electron chi connectivity index (χ4n) is 4.59. The molecule has 2 saturated heterocycles. The summed E-state index contributed by atoms with van der Waals surface area (Å²) in [7, 11) is 0. The summed E-state index contributed by atoms with van der Waals surface area (Å²) in [5.74, 6) is 1.99. The topological polar surface area (TPSA) is 73.5 Å². The van der Waals surface area contributed by atoms with Crippen LogP contribution in [0.15, 0.2) is 35.3 Å². The van der Waals surface area contributed by atoms with Crippen LogP contribution in [0.3, 0.4) is 0 Å². The highest BCUT2D eigenvalue weighted by Gasteiger charge is 2.26. The molecule has 1 atom stereocenters. The number of hydrogen-bond acceptors (Lipinski definition) is 5. The molecule has 0 saturated carbocycles. The zero-order chi connectivity index (χ0) is 19.8. The number of nitrogens with zero attached hydrogens (tertiary/aromatic N) is 4. The Labute approximate surface area is 169 Å². The second-order valence-electron chi connectivity index (χ2n) is 8.14. The summed E-state index contributed by atoms with van der Waals surface area (Å²) < 4.78 is 9.23. The maximum absolute atomic E-state index is 13.5. The molecule has 0 spiro atoms. The Balaban J connectivity index is 1.66. The first kappa shape index (κ1) is 18.5. The SMILES string of the molecule is Cc1ccccc1Cc1nn2c(C3CCOCC3)ncc2c(=O)n1C1CCNC1. The molecule has 152 valence electrons. The Bertz CT molecular complexity index is 1070. The van der Waals surface area contributed by atoms with Crippen LogP contribution < -0.4 is 10.9 Å². The van der Waals surface area contributed by atoms with Gasteiger partial charge in [-0.25, -0.2) is 9.50 Å². The zero-order valence-electron chi connectivity index (χ0n) is 16.8. The first-order valence-corrected chi connectivity index (χ1v) is 10.5. The second-order valence-corrected chi connectivity index (χ2v) is 8.14. The molecule has 1 aromatic carbocycles. The highest BCUT2D eigenvalue weighted by atomic mass is 16.5. The first-order valence-electron chi connectivity index (χ1n) is 10.5. The summed E-state index contributed by atoms with van der Waals surface area (Å²) in [5, 5.41) is 8.38. The molecule has 1 N–H and O–H groups in total. The number of aryl methyl sites for hydroxylation is 1. The van der Waals surface area contributed by atoms with Crippen molar-refractivity contribution in [1.29, 1.82) is 0 Å². The van der Waals surface area contributed by atoms with Crippen LogP contribution in [-0.4, -0.2) is 45.5 Å². The highest BCUT2D eigenvalue weighted by Crippen LogP contribution is 2.26. The van der Waals surface area contributed by atoms with Gasteiger partial charge in [0.05, 0.1) is 12.2 Å². The van der Waals surface area contributed by atoms with Crippen LogP contribution in [0.2, 0.25) is 0 Å². The number of imidazole rings is 1. The lowest BCUT2D eigenvalue weighted by molar-refractivity contribution is 0.0832. The van der Waals surface area contributed by atoms with Crippen molar-refractivity contribution in [3.8, 4) is 0 Å². The van der Waals surface area contributed by atoms with Gasteiger partial charge in [-0.1, -0.05) is 24.3 Å². The maximum atomic E-state index is 13.5. The van der Waals surface area contributed by atoms with E-state index in [1.54, 1.807) is 6.20 Å². The third-order valence-corrected chi connectivity index (χ3v) is 6.29. The number of ether oxygens (including phenoxy) is 1.